The van der Waals surface area contributed by atoms with Crippen molar-refractivity contribution >= 4 is 45.9 Å². The van der Waals surface area contributed by atoms with Crippen molar-refractivity contribution in [1.82, 2.24) is 14.8 Å². The molecular weight excluding hydrogens is 382 g/mol. The van der Waals surface area contributed by atoms with E-state index in [-0.39, 0.29) is 18.4 Å². The fourth-order valence-corrected chi connectivity index (χ4v) is 3.99. The third kappa shape index (κ3) is 5.44. The first-order valence-corrected chi connectivity index (χ1v) is 10.8. The number of nitrogens with one attached hydrogen (secondary N) is 2. The van der Waals surface area contributed by atoms with Crippen molar-refractivity contribution < 1.29 is 9.59 Å². The van der Waals surface area contributed by atoms with Crippen molar-refractivity contribution in [3.8, 4) is 0 Å². The number of amides is 3. The standard InChI is InChI=1S/C18H23N5O2S2/c1-22-7-9-23(10-8-22)18(25)21-17-19-13(12-27-17)11-16(24)20-14-5-3-4-6-15(14)26-2/h3-6,12H,7-11H2,1-2H3,(H,20,24)(H,19,21,25). The molecule has 0 aliphatic carbocycles. The summed E-state index contributed by atoms with van der Waals surface area (Å²) in [5, 5.41) is 8.07. The topological polar surface area (TPSA) is 77.6 Å². The molecule has 0 saturated carbocycles. The molecule has 1 aromatic carbocycles. The molecule has 3 amide bonds. The minimum absolute atomic E-state index is 0.126. The quantitative estimate of drug-likeness (QED) is 0.748. The van der Waals surface area contributed by atoms with Gasteiger partial charge in [-0.3, -0.25) is 10.1 Å². The Morgan fingerprint density at radius 3 is 2.67 bits per heavy atom. The number of rotatable bonds is 5. The van der Waals surface area contributed by atoms with Gasteiger partial charge in [-0.25, -0.2) is 9.78 Å². The van der Waals surface area contributed by atoms with Crippen LogP contribution in [0, 0.1) is 0 Å². The van der Waals surface area contributed by atoms with Crippen LogP contribution >= 0.6 is 23.1 Å². The highest BCUT2D eigenvalue weighted by Crippen LogP contribution is 2.25. The van der Waals surface area contributed by atoms with Crippen LogP contribution in [-0.4, -0.2) is 66.2 Å². The van der Waals surface area contributed by atoms with Gasteiger partial charge in [0.1, 0.15) is 0 Å². The Morgan fingerprint density at radius 1 is 1.19 bits per heavy atom. The monoisotopic (exact) mass is 405 g/mol. The predicted molar refractivity (Wildman–Crippen MR) is 111 cm³/mol. The summed E-state index contributed by atoms with van der Waals surface area (Å²) >= 11 is 2.92. The molecule has 0 radical (unpaired) electrons. The van der Waals surface area contributed by atoms with Gasteiger partial charge in [-0.2, -0.15) is 0 Å². The van der Waals surface area contributed by atoms with E-state index < -0.39 is 0 Å². The molecule has 0 bridgehead atoms. The lowest BCUT2D eigenvalue weighted by Gasteiger charge is -2.32. The molecular formula is C18H23N5O2S2. The second-order valence-electron chi connectivity index (χ2n) is 6.29. The van der Waals surface area contributed by atoms with Crippen molar-refractivity contribution in [2.45, 2.75) is 11.3 Å². The van der Waals surface area contributed by atoms with Crippen LogP contribution in [0.1, 0.15) is 5.69 Å². The number of anilines is 2. The molecule has 1 fully saturated rings. The summed E-state index contributed by atoms with van der Waals surface area (Å²) in [6.45, 7) is 3.15. The number of urea groups is 1. The van der Waals surface area contributed by atoms with Gasteiger partial charge in [-0.1, -0.05) is 12.1 Å². The number of likely N-dealkylation sites (N-methyl/N-ethyl adjacent to an activating group) is 1. The highest BCUT2D eigenvalue weighted by Gasteiger charge is 2.20. The first kappa shape index (κ1) is 19.7. The number of hydrogen-bond donors (Lipinski definition) is 2. The Morgan fingerprint density at radius 2 is 1.93 bits per heavy atom. The van der Waals surface area contributed by atoms with E-state index in [9.17, 15) is 9.59 Å². The van der Waals surface area contributed by atoms with E-state index in [1.807, 2.05) is 37.6 Å². The fourth-order valence-electron chi connectivity index (χ4n) is 2.73. The zero-order chi connectivity index (χ0) is 19.2. The Kier molecular flexibility index (Phi) is 6.70. The molecule has 2 aromatic rings. The van der Waals surface area contributed by atoms with Crippen molar-refractivity contribution in [3.63, 3.8) is 0 Å². The predicted octanol–water partition coefficient (Wildman–Crippen LogP) is 2.83. The number of carbonyl (C=O) groups is 2. The highest BCUT2D eigenvalue weighted by molar-refractivity contribution is 7.98. The van der Waals surface area contributed by atoms with Gasteiger partial charge in [0.05, 0.1) is 17.8 Å². The minimum atomic E-state index is -0.137. The maximum Gasteiger partial charge on any atom is 0.323 e. The zero-order valence-corrected chi connectivity index (χ0v) is 17.0. The molecule has 7 nitrogen and oxygen atoms in total. The third-order valence-corrected chi connectivity index (χ3v) is 5.88. The number of thiazole rings is 1. The van der Waals surface area contributed by atoms with Gasteiger partial charge in [-0.05, 0) is 25.4 Å². The summed E-state index contributed by atoms with van der Waals surface area (Å²) < 4.78 is 0. The Bertz CT molecular complexity index is 803. The van der Waals surface area contributed by atoms with Crippen LogP contribution in [0.15, 0.2) is 34.5 Å². The number of benzene rings is 1. The number of piperazine rings is 1. The van der Waals surface area contributed by atoms with Crippen LogP contribution in [0.25, 0.3) is 0 Å². The Balaban J connectivity index is 1.53. The van der Waals surface area contributed by atoms with Gasteiger partial charge in [0, 0.05) is 36.5 Å². The molecule has 1 saturated heterocycles. The van der Waals surface area contributed by atoms with E-state index in [0.29, 0.717) is 23.9 Å². The number of nitrogens with zero attached hydrogens (tertiary/aromatic N) is 3. The second kappa shape index (κ2) is 9.20. The minimum Gasteiger partial charge on any atom is -0.325 e. The zero-order valence-electron chi connectivity index (χ0n) is 15.4. The lowest BCUT2D eigenvalue weighted by atomic mass is 10.3. The van der Waals surface area contributed by atoms with Gasteiger partial charge >= 0.3 is 6.03 Å². The molecule has 2 N–H and O–H groups in total. The fraction of sp³-hybridized carbons (Fsp3) is 0.389. The summed E-state index contributed by atoms with van der Waals surface area (Å²) in [6, 6.07) is 7.55. The molecule has 0 spiro atoms. The smallest absolute Gasteiger partial charge is 0.323 e. The van der Waals surface area contributed by atoms with Crippen LogP contribution in [0.2, 0.25) is 0 Å². The van der Waals surface area contributed by atoms with Gasteiger partial charge in [0.2, 0.25) is 5.91 Å². The molecule has 1 aliphatic rings. The summed E-state index contributed by atoms with van der Waals surface area (Å²) in [5.41, 5.74) is 1.45. The molecule has 3 rings (SSSR count). The molecule has 144 valence electrons. The van der Waals surface area contributed by atoms with E-state index in [2.05, 4.69) is 20.5 Å². The van der Waals surface area contributed by atoms with Gasteiger partial charge < -0.3 is 15.1 Å². The van der Waals surface area contributed by atoms with Gasteiger partial charge in [0.15, 0.2) is 5.13 Å². The molecule has 2 heterocycles. The SMILES string of the molecule is CSc1ccccc1NC(=O)Cc1csc(NC(=O)N2CCN(C)CC2)n1. The molecule has 0 atom stereocenters. The van der Waals surface area contributed by atoms with Gasteiger partial charge in [-0.15, -0.1) is 23.1 Å². The van der Waals surface area contributed by atoms with Crippen molar-refractivity contribution in [3.05, 3.63) is 35.3 Å². The average Bonchev–Trinajstić information content (AvgIpc) is 3.09. The van der Waals surface area contributed by atoms with Gasteiger partial charge in [0.25, 0.3) is 0 Å². The largest absolute Gasteiger partial charge is 0.325 e. The molecule has 1 aromatic heterocycles. The maximum absolute atomic E-state index is 12.3. The maximum atomic E-state index is 12.3. The van der Waals surface area contributed by atoms with E-state index >= 15 is 0 Å². The first-order valence-electron chi connectivity index (χ1n) is 8.67. The van der Waals surface area contributed by atoms with Crippen molar-refractivity contribution in [2.75, 3.05) is 50.1 Å². The van der Waals surface area contributed by atoms with Crippen LogP contribution in [0.5, 0.6) is 0 Å². The van der Waals surface area contributed by atoms with E-state index in [1.165, 1.54) is 11.3 Å². The molecule has 27 heavy (non-hydrogen) atoms. The lowest BCUT2D eigenvalue weighted by molar-refractivity contribution is -0.115. The number of hydrogen-bond acceptors (Lipinski definition) is 6. The first-order chi connectivity index (χ1) is 13.0. The number of para-hydroxylation sites is 1. The molecule has 0 unspecified atom stereocenters. The van der Waals surface area contributed by atoms with E-state index in [4.69, 9.17) is 0 Å². The summed E-state index contributed by atoms with van der Waals surface area (Å²) in [7, 11) is 2.05. The van der Waals surface area contributed by atoms with Crippen LogP contribution in [0.4, 0.5) is 15.6 Å². The second-order valence-corrected chi connectivity index (χ2v) is 8.00. The highest BCUT2D eigenvalue weighted by atomic mass is 32.2. The van der Waals surface area contributed by atoms with E-state index in [0.717, 1.165) is 23.7 Å². The summed E-state index contributed by atoms with van der Waals surface area (Å²) in [4.78, 5) is 34.0. The Hall–Kier alpha value is -2.10. The normalized spacial score (nSPS) is 14.8. The third-order valence-electron chi connectivity index (χ3n) is 4.28. The Labute approximate surface area is 167 Å². The summed E-state index contributed by atoms with van der Waals surface area (Å²) in [6.07, 6.45) is 2.14. The van der Waals surface area contributed by atoms with Crippen molar-refractivity contribution in [1.29, 1.82) is 0 Å². The molecule has 1 aliphatic heterocycles. The van der Waals surface area contributed by atoms with Crippen LogP contribution in [-0.2, 0) is 11.2 Å². The summed E-state index contributed by atoms with van der Waals surface area (Å²) in [5.74, 6) is -0.126. The number of carbonyl (C=O) groups excluding carboxylic acids is 2. The number of thioether (sulfide) groups is 1. The van der Waals surface area contributed by atoms with Crippen LogP contribution < -0.4 is 10.6 Å². The van der Waals surface area contributed by atoms with Crippen molar-refractivity contribution in [2.24, 2.45) is 0 Å². The molecule has 9 heteroatoms. The average molecular weight is 406 g/mol. The lowest BCUT2D eigenvalue weighted by Crippen LogP contribution is -2.48. The van der Waals surface area contributed by atoms with E-state index in [1.54, 1.807) is 22.0 Å². The van der Waals surface area contributed by atoms with Crippen LogP contribution in [0.3, 0.4) is 0 Å². The number of aromatic nitrogens is 1.